The van der Waals surface area contributed by atoms with Gasteiger partial charge in [0.1, 0.15) is 0 Å². The van der Waals surface area contributed by atoms with Crippen LogP contribution in [-0.4, -0.2) is 34.0 Å². The van der Waals surface area contributed by atoms with Crippen LogP contribution in [0.5, 0.6) is 0 Å². The number of rotatable bonds is 5. The number of amides is 2. The van der Waals surface area contributed by atoms with Crippen LogP contribution in [0, 0.1) is 0 Å². The lowest BCUT2D eigenvalue weighted by Crippen LogP contribution is -2.46. The van der Waals surface area contributed by atoms with Crippen molar-refractivity contribution in [1.82, 2.24) is 4.90 Å². The molecule has 3 aromatic rings. The first-order chi connectivity index (χ1) is 13.1. The summed E-state index contributed by atoms with van der Waals surface area (Å²) in [6.07, 6.45) is -1.59. The van der Waals surface area contributed by atoms with Gasteiger partial charge in [0.05, 0.1) is 6.61 Å². The summed E-state index contributed by atoms with van der Waals surface area (Å²) in [6.45, 7) is -0.0319. The quantitative estimate of drug-likeness (QED) is 0.556. The van der Waals surface area contributed by atoms with Gasteiger partial charge in [0, 0.05) is 12.8 Å². The number of carboxylic acid groups (broad SMARTS) is 1. The van der Waals surface area contributed by atoms with Crippen molar-refractivity contribution in [1.29, 1.82) is 0 Å². The van der Waals surface area contributed by atoms with Gasteiger partial charge in [0.15, 0.2) is 0 Å². The second-order valence-corrected chi connectivity index (χ2v) is 6.46. The maximum Gasteiger partial charge on any atom is 0.354 e. The number of hydrogen-bond acceptors (Lipinski definition) is 4. The number of nitrogens with zero attached hydrogens (tertiary/aromatic N) is 1. The van der Waals surface area contributed by atoms with Gasteiger partial charge < -0.3 is 9.84 Å². The summed E-state index contributed by atoms with van der Waals surface area (Å²) in [5.74, 6) is -2.39. The zero-order valence-corrected chi connectivity index (χ0v) is 14.4. The largest absolute Gasteiger partial charge is 0.478 e. The Kier molecular flexibility index (Phi) is 4.33. The van der Waals surface area contributed by atoms with Gasteiger partial charge in [0.2, 0.25) is 18.0 Å². The lowest BCUT2D eigenvalue weighted by Gasteiger charge is -2.23. The van der Waals surface area contributed by atoms with Crippen molar-refractivity contribution in [3.63, 3.8) is 0 Å². The number of hydrogen-bond donors (Lipinski definition) is 1. The summed E-state index contributed by atoms with van der Waals surface area (Å²) >= 11 is 0. The van der Waals surface area contributed by atoms with E-state index in [1.54, 1.807) is 0 Å². The Hall–Kier alpha value is -3.25. The molecule has 0 aromatic heterocycles. The predicted molar refractivity (Wildman–Crippen MR) is 98.8 cm³/mol. The number of likely N-dealkylation sites (tertiary alicyclic amines) is 1. The highest BCUT2D eigenvalue weighted by Gasteiger charge is 2.39. The van der Waals surface area contributed by atoms with Crippen LogP contribution in [0.3, 0.4) is 0 Å². The predicted octanol–water partition coefficient (Wildman–Crippen LogP) is 3.07. The number of ether oxygens (including phenoxy) is 1. The zero-order chi connectivity index (χ0) is 19.0. The number of fused-ring (bicyclic) bond motifs is 2. The van der Waals surface area contributed by atoms with E-state index >= 15 is 0 Å². The molecule has 1 saturated heterocycles. The van der Waals surface area contributed by atoms with E-state index in [1.165, 1.54) is 0 Å². The van der Waals surface area contributed by atoms with Crippen molar-refractivity contribution in [2.75, 3.05) is 0 Å². The lowest BCUT2D eigenvalue weighted by molar-refractivity contribution is -0.175. The van der Waals surface area contributed by atoms with Gasteiger partial charge in [-0.25, -0.2) is 9.69 Å². The summed E-state index contributed by atoms with van der Waals surface area (Å²) < 4.78 is 5.62. The van der Waals surface area contributed by atoms with Gasteiger partial charge in [-0.15, -0.1) is 0 Å². The van der Waals surface area contributed by atoms with Crippen LogP contribution in [0.25, 0.3) is 21.5 Å². The topological polar surface area (TPSA) is 83.9 Å². The Morgan fingerprint density at radius 3 is 2.00 bits per heavy atom. The third-order valence-electron chi connectivity index (χ3n) is 4.80. The summed E-state index contributed by atoms with van der Waals surface area (Å²) in [5.41, 5.74) is 0.828. The molecule has 4 rings (SSSR count). The van der Waals surface area contributed by atoms with Crippen LogP contribution in [0.2, 0.25) is 0 Å². The van der Waals surface area contributed by atoms with Crippen molar-refractivity contribution < 1.29 is 24.2 Å². The SMILES string of the molecule is O=C(O)C(OCc1c2ccccc2cc2ccccc12)N1C(=O)CCC1=O. The second kappa shape index (κ2) is 6.81. The van der Waals surface area contributed by atoms with E-state index in [0.717, 1.165) is 32.0 Å². The highest BCUT2D eigenvalue weighted by molar-refractivity contribution is 6.05. The fourth-order valence-electron chi connectivity index (χ4n) is 3.54. The number of imide groups is 1. The Morgan fingerprint density at radius 1 is 0.963 bits per heavy atom. The zero-order valence-electron chi connectivity index (χ0n) is 14.4. The molecule has 0 radical (unpaired) electrons. The van der Waals surface area contributed by atoms with Gasteiger partial charge in [-0.1, -0.05) is 48.5 Å². The van der Waals surface area contributed by atoms with Crippen LogP contribution in [0.15, 0.2) is 54.6 Å². The first-order valence-electron chi connectivity index (χ1n) is 8.65. The normalized spacial score (nSPS) is 15.6. The fourth-order valence-corrected chi connectivity index (χ4v) is 3.54. The summed E-state index contributed by atoms with van der Waals surface area (Å²) in [6, 6.07) is 17.6. The van der Waals surface area contributed by atoms with Crippen molar-refractivity contribution in [2.45, 2.75) is 25.7 Å². The Morgan fingerprint density at radius 2 is 1.48 bits per heavy atom. The van der Waals surface area contributed by atoms with E-state index in [9.17, 15) is 19.5 Å². The van der Waals surface area contributed by atoms with Gasteiger partial charge in [-0.3, -0.25) is 9.59 Å². The average molecular weight is 363 g/mol. The molecule has 1 aliphatic rings. The fraction of sp³-hybridized carbons (Fsp3) is 0.190. The minimum atomic E-state index is -1.62. The van der Waals surface area contributed by atoms with Gasteiger partial charge in [-0.05, 0) is 33.2 Å². The molecule has 3 aromatic carbocycles. The molecule has 0 bridgehead atoms. The van der Waals surface area contributed by atoms with Gasteiger partial charge in [-0.2, -0.15) is 0 Å². The van der Waals surface area contributed by atoms with Crippen molar-refractivity contribution in [3.8, 4) is 0 Å². The highest BCUT2D eigenvalue weighted by atomic mass is 16.5. The van der Waals surface area contributed by atoms with E-state index in [4.69, 9.17) is 4.74 Å². The number of benzene rings is 3. The summed E-state index contributed by atoms with van der Waals surface area (Å²) in [7, 11) is 0. The van der Waals surface area contributed by atoms with Crippen LogP contribution in [0.4, 0.5) is 0 Å². The Bertz CT molecular complexity index is 1000. The molecule has 0 saturated carbocycles. The van der Waals surface area contributed by atoms with Crippen molar-refractivity contribution in [3.05, 3.63) is 60.2 Å². The molecule has 1 unspecified atom stereocenters. The molecule has 0 aliphatic carbocycles. The van der Waals surface area contributed by atoms with Crippen molar-refractivity contribution in [2.24, 2.45) is 0 Å². The van der Waals surface area contributed by atoms with Crippen molar-refractivity contribution >= 4 is 39.3 Å². The van der Waals surface area contributed by atoms with Crippen LogP contribution >= 0.6 is 0 Å². The molecule has 1 atom stereocenters. The van der Waals surface area contributed by atoms with E-state index in [1.807, 2.05) is 48.5 Å². The number of carbonyl (C=O) groups excluding carboxylic acids is 2. The maximum absolute atomic E-state index is 11.9. The molecule has 1 heterocycles. The number of carbonyl (C=O) groups is 3. The number of aliphatic carboxylic acids is 1. The molecular formula is C21H17NO5. The smallest absolute Gasteiger partial charge is 0.354 e. The number of carboxylic acids is 1. The van der Waals surface area contributed by atoms with E-state index in [-0.39, 0.29) is 19.4 Å². The molecule has 0 spiro atoms. The Balaban J connectivity index is 1.74. The Labute approximate surface area is 154 Å². The van der Waals surface area contributed by atoms with Crippen LogP contribution < -0.4 is 0 Å². The lowest BCUT2D eigenvalue weighted by atomic mass is 9.97. The van der Waals surface area contributed by atoms with Gasteiger partial charge >= 0.3 is 5.97 Å². The summed E-state index contributed by atoms with van der Waals surface area (Å²) in [4.78, 5) is 36.2. The van der Waals surface area contributed by atoms with E-state index in [0.29, 0.717) is 0 Å². The van der Waals surface area contributed by atoms with E-state index in [2.05, 4.69) is 6.07 Å². The third-order valence-corrected chi connectivity index (χ3v) is 4.80. The van der Waals surface area contributed by atoms with Crippen LogP contribution in [0.1, 0.15) is 18.4 Å². The summed E-state index contributed by atoms with van der Waals surface area (Å²) in [5, 5.41) is 13.4. The maximum atomic E-state index is 11.9. The first-order valence-corrected chi connectivity index (χ1v) is 8.65. The molecule has 6 heteroatoms. The third kappa shape index (κ3) is 3.04. The minimum Gasteiger partial charge on any atom is -0.478 e. The van der Waals surface area contributed by atoms with E-state index < -0.39 is 24.0 Å². The molecule has 27 heavy (non-hydrogen) atoms. The molecule has 1 aliphatic heterocycles. The highest BCUT2D eigenvalue weighted by Crippen LogP contribution is 2.30. The average Bonchev–Trinajstić information content (AvgIpc) is 2.99. The van der Waals surface area contributed by atoms with Gasteiger partial charge in [0.25, 0.3) is 0 Å². The molecule has 1 fully saturated rings. The molecule has 2 amide bonds. The monoisotopic (exact) mass is 363 g/mol. The molecule has 1 N–H and O–H groups in total. The molecule has 136 valence electrons. The first kappa shape index (κ1) is 17.2. The molecular weight excluding hydrogens is 346 g/mol. The standard InChI is InChI=1S/C21H17NO5/c23-18-9-10-19(24)22(18)20(21(25)26)27-12-17-15-7-3-1-5-13(15)11-14-6-2-4-8-16(14)17/h1-8,11,20H,9-10,12H2,(H,25,26). The second-order valence-electron chi connectivity index (χ2n) is 6.46. The minimum absolute atomic E-state index is 0.0170. The van der Waals surface area contributed by atoms with Crippen LogP contribution in [-0.2, 0) is 25.7 Å². The molecule has 6 nitrogen and oxygen atoms in total.